The topological polar surface area (TPSA) is 64.8 Å². The highest BCUT2D eigenvalue weighted by Crippen LogP contribution is 2.24. The molecule has 0 saturated heterocycles. The maximum atomic E-state index is 12.8. The van der Waals surface area contributed by atoms with Crippen LogP contribution >= 0.6 is 0 Å². The fourth-order valence-corrected chi connectivity index (χ4v) is 3.96. The molecule has 6 heteroatoms. The lowest BCUT2D eigenvalue weighted by molar-refractivity contribution is 0.589. The molecule has 3 aromatic heterocycles. The molecule has 4 rings (SSSR count). The minimum atomic E-state index is -3.63. The van der Waals surface area contributed by atoms with E-state index in [2.05, 4.69) is 9.97 Å². The Labute approximate surface area is 139 Å². The summed E-state index contributed by atoms with van der Waals surface area (Å²) < 4.78 is 26.8. The van der Waals surface area contributed by atoms with Gasteiger partial charge in [0, 0.05) is 24.2 Å². The minimum absolute atomic E-state index is 0.251. The van der Waals surface area contributed by atoms with Gasteiger partial charge in [0.1, 0.15) is 0 Å². The quantitative estimate of drug-likeness (QED) is 0.576. The molecule has 0 atom stereocenters. The Morgan fingerprint density at radius 3 is 2.33 bits per heavy atom. The van der Waals surface area contributed by atoms with Gasteiger partial charge in [0.2, 0.25) is 0 Å². The zero-order valence-electron chi connectivity index (χ0n) is 12.6. The third-order valence-corrected chi connectivity index (χ3v) is 5.49. The zero-order valence-corrected chi connectivity index (χ0v) is 13.4. The molecular weight excluding hydrogens is 322 g/mol. The van der Waals surface area contributed by atoms with E-state index < -0.39 is 10.0 Å². The van der Waals surface area contributed by atoms with Crippen molar-refractivity contribution in [2.75, 3.05) is 0 Å². The van der Waals surface area contributed by atoms with E-state index in [9.17, 15) is 8.42 Å². The van der Waals surface area contributed by atoms with Crippen LogP contribution in [0.4, 0.5) is 0 Å². The molecular formula is C18H13N3O2S. The predicted octanol–water partition coefficient (Wildman–Crippen LogP) is 3.34. The van der Waals surface area contributed by atoms with Gasteiger partial charge in [-0.05, 0) is 42.5 Å². The lowest BCUT2D eigenvalue weighted by atomic mass is 10.2. The van der Waals surface area contributed by atoms with Crippen molar-refractivity contribution in [1.82, 2.24) is 13.9 Å². The average Bonchev–Trinajstić information content (AvgIpc) is 3.07. The van der Waals surface area contributed by atoms with Crippen LogP contribution in [0.3, 0.4) is 0 Å². The molecule has 0 aliphatic heterocycles. The number of fused-ring (bicyclic) bond motifs is 1. The van der Waals surface area contributed by atoms with Crippen molar-refractivity contribution < 1.29 is 8.42 Å². The van der Waals surface area contributed by atoms with Gasteiger partial charge in [0.05, 0.1) is 21.6 Å². The van der Waals surface area contributed by atoms with Gasteiger partial charge in [-0.3, -0.25) is 4.98 Å². The fraction of sp³-hybridized carbons (Fsp3) is 0. The molecule has 118 valence electrons. The summed E-state index contributed by atoms with van der Waals surface area (Å²) in [5.41, 5.74) is 2.89. The lowest BCUT2D eigenvalue weighted by Crippen LogP contribution is -2.11. The summed E-state index contributed by atoms with van der Waals surface area (Å²) in [5, 5.41) is 0. The van der Waals surface area contributed by atoms with Crippen LogP contribution in [0.15, 0.2) is 84.1 Å². The van der Waals surface area contributed by atoms with Crippen molar-refractivity contribution in [3.8, 4) is 11.3 Å². The number of rotatable bonds is 3. The van der Waals surface area contributed by atoms with Gasteiger partial charge < -0.3 is 0 Å². The number of aromatic nitrogens is 3. The van der Waals surface area contributed by atoms with Gasteiger partial charge in [-0.15, -0.1) is 0 Å². The Morgan fingerprint density at radius 1 is 0.833 bits per heavy atom. The Hall–Kier alpha value is -2.99. The van der Waals surface area contributed by atoms with Crippen LogP contribution in [-0.2, 0) is 10.0 Å². The van der Waals surface area contributed by atoms with Crippen LogP contribution in [0.25, 0.3) is 22.3 Å². The van der Waals surface area contributed by atoms with Crippen LogP contribution in [0, 0.1) is 0 Å². The van der Waals surface area contributed by atoms with Gasteiger partial charge in [-0.25, -0.2) is 17.4 Å². The third-order valence-electron chi connectivity index (χ3n) is 3.78. The van der Waals surface area contributed by atoms with E-state index in [1.54, 1.807) is 54.9 Å². The molecule has 0 aliphatic carbocycles. The minimum Gasteiger partial charge on any atom is -0.265 e. The number of hydrogen-bond acceptors (Lipinski definition) is 4. The first-order chi connectivity index (χ1) is 11.7. The molecule has 3 heterocycles. The summed E-state index contributed by atoms with van der Waals surface area (Å²) in [5.74, 6) is 0. The number of pyridine rings is 2. The molecule has 0 unspecified atom stereocenters. The fourth-order valence-electron chi connectivity index (χ4n) is 2.59. The van der Waals surface area contributed by atoms with E-state index in [0.29, 0.717) is 11.0 Å². The predicted molar refractivity (Wildman–Crippen MR) is 92.0 cm³/mol. The molecule has 0 fully saturated rings. The van der Waals surface area contributed by atoms with Crippen molar-refractivity contribution in [1.29, 1.82) is 0 Å². The molecule has 0 spiro atoms. The van der Waals surface area contributed by atoms with Crippen LogP contribution < -0.4 is 0 Å². The molecule has 0 bridgehead atoms. The van der Waals surface area contributed by atoms with E-state index in [0.717, 1.165) is 11.3 Å². The molecule has 5 nitrogen and oxygen atoms in total. The Balaban J connectivity index is 1.85. The zero-order chi connectivity index (χ0) is 16.6. The number of nitrogens with zero attached hydrogens (tertiary/aromatic N) is 3. The van der Waals surface area contributed by atoms with Crippen LogP contribution in [0.5, 0.6) is 0 Å². The van der Waals surface area contributed by atoms with Crippen LogP contribution in [0.2, 0.25) is 0 Å². The van der Waals surface area contributed by atoms with E-state index >= 15 is 0 Å². The van der Waals surface area contributed by atoms with Gasteiger partial charge in [0.25, 0.3) is 10.0 Å². The summed E-state index contributed by atoms with van der Waals surface area (Å²) in [4.78, 5) is 8.80. The highest BCUT2D eigenvalue weighted by Gasteiger charge is 2.19. The highest BCUT2D eigenvalue weighted by atomic mass is 32.2. The second-order valence-corrected chi connectivity index (χ2v) is 7.08. The summed E-state index contributed by atoms with van der Waals surface area (Å²) in [7, 11) is -3.63. The molecule has 0 aliphatic rings. The Bertz CT molecular complexity index is 1100. The standard InChI is InChI=1S/C18H13N3O2S/c22-24(23,15-4-2-1-3-5-15)21-13-10-17-18(21)7-6-16(20-17)14-8-11-19-12-9-14/h1-13H. The third kappa shape index (κ3) is 2.37. The first-order valence-corrected chi connectivity index (χ1v) is 8.79. The molecule has 0 N–H and O–H groups in total. The first-order valence-electron chi connectivity index (χ1n) is 7.35. The maximum absolute atomic E-state index is 12.8. The second-order valence-electron chi connectivity index (χ2n) is 5.27. The monoisotopic (exact) mass is 335 g/mol. The summed E-state index contributed by atoms with van der Waals surface area (Å²) in [6.07, 6.45) is 4.94. The molecule has 0 radical (unpaired) electrons. The van der Waals surface area contributed by atoms with Crippen molar-refractivity contribution in [2.24, 2.45) is 0 Å². The van der Waals surface area contributed by atoms with Gasteiger partial charge in [0.15, 0.2) is 0 Å². The molecule has 1 aromatic carbocycles. The highest BCUT2D eigenvalue weighted by molar-refractivity contribution is 7.90. The average molecular weight is 335 g/mol. The van der Waals surface area contributed by atoms with Crippen molar-refractivity contribution >= 4 is 21.1 Å². The van der Waals surface area contributed by atoms with Gasteiger partial charge in [-0.2, -0.15) is 0 Å². The SMILES string of the molecule is O=S(=O)(c1ccccc1)n1ccc2nc(-c3ccncc3)ccc21. The van der Waals surface area contributed by atoms with Crippen molar-refractivity contribution in [2.45, 2.75) is 4.90 Å². The van der Waals surface area contributed by atoms with Crippen molar-refractivity contribution in [3.63, 3.8) is 0 Å². The number of benzene rings is 1. The first kappa shape index (κ1) is 14.6. The second kappa shape index (κ2) is 5.58. The van der Waals surface area contributed by atoms with Crippen LogP contribution in [0.1, 0.15) is 0 Å². The Morgan fingerprint density at radius 2 is 1.58 bits per heavy atom. The van der Waals surface area contributed by atoms with Gasteiger partial charge >= 0.3 is 0 Å². The molecule has 0 amide bonds. The van der Waals surface area contributed by atoms with Crippen molar-refractivity contribution in [3.05, 3.63) is 79.3 Å². The summed E-state index contributed by atoms with van der Waals surface area (Å²) in [6, 6.07) is 17.4. The Kier molecular flexibility index (Phi) is 3.39. The van der Waals surface area contributed by atoms with Gasteiger partial charge in [-0.1, -0.05) is 18.2 Å². The van der Waals surface area contributed by atoms with E-state index in [1.165, 1.54) is 10.2 Å². The lowest BCUT2D eigenvalue weighted by Gasteiger charge is -2.07. The molecule has 0 saturated carbocycles. The largest absolute Gasteiger partial charge is 0.268 e. The maximum Gasteiger partial charge on any atom is 0.268 e. The normalized spacial score (nSPS) is 11.7. The number of hydrogen-bond donors (Lipinski definition) is 0. The smallest absolute Gasteiger partial charge is 0.265 e. The van der Waals surface area contributed by atoms with E-state index in [1.807, 2.05) is 18.2 Å². The summed E-state index contributed by atoms with van der Waals surface area (Å²) >= 11 is 0. The van der Waals surface area contributed by atoms with E-state index in [-0.39, 0.29) is 4.90 Å². The molecule has 4 aromatic rings. The molecule has 24 heavy (non-hydrogen) atoms. The van der Waals surface area contributed by atoms with E-state index in [4.69, 9.17) is 0 Å². The summed E-state index contributed by atoms with van der Waals surface area (Å²) in [6.45, 7) is 0. The van der Waals surface area contributed by atoms with Crippen LogP contribution in [-0.4, -0.2) is 22.4 Å².